The van der Waals surface area contributed by atoms with E-state index in [0.29, 0.717) is 17.4 Å². The van der Waals surface area contributed by atoms with E-state index < -0.39 is 26.6 Å². The van der Waals surface area contributed by atoms with Crippen LogP contribution in [0.1, 0.15) is 258 Å². The van der Waals surface area contributed by atoms with Gasteiger partial charge in [-0.2, -0.15) is 0 Å². The standard InChI is InChI=1S/C57H109N2O6P/c1-6-8-10-12-14-16-18-20-21-22-23-24-25-26-27-28-29-30-31-32-33-34-35-36-37-38-39-41-43-45-47-49-51-57(61)58-55(54-65-66(62,63)64-53-52-59(3,4)5)56(60)50-48-46-44-42-40-19-17-15-13-11-9-7-2/h13,15,26-27,40,42,48,50,55-56,60H,6-12,14,16-25,28-39,41,43-47,49,51-54H2,1-5H3,(H-,58,61,62,63)/b15-13+,27-26-,42-40+,50-48+. The Bertz CT molecular complexity index is 1210. The van der Waals surface area contributed by atoms with Crippen LogP contribution in [0, 0.1) is 0 Å². The molecule has 2 N–H and O–H groups in total. The van der Waals surface area contributed by atoms with Gasteiger partial charge in [-0.25, -0.2) is 0 Å². The highest BCUT2D eigenvalue weighted by atomic mass is 31.2. The summed E-state index contributed by atoms with van der Waals surface area (Å²) >= 11 is 0. The number of unbranched alkanes of at least 4 members (excludes halogenated alkanes) is 32. The molecule has 0 spiro atoms. The molecule has 0 saturated carbocycles. The molecule has 1 amide bonds. The number of hydrogen-bond acceptors (Lipinski definition) is 6. The lowest BCUT2D eigenvalue weighted by molar-refractivity contribution is -0.870. The molecular formula is C57H109N2O6P. The molecular weight excluding hydrogens is 840 g/mol. The molecule has 0 aliphatic heterocycles. The molecule has 66 heavy (non-hydrogen) atoms. The van der Waals surface area contributed by atoms with E-state index in [9.17, 15) is 19.4 Å². The van der Waals surface area contributed by atoms with Crippen molar-refractivity contribution in [2.45, 2.75) is 270 Å². The van der Waals surface area contributed by atoms with E-state index in [1.54, 1.807) is 6.08 Å². The molecule has 0 radical (unpaired) electrons. The van der Waals surface area contributed by atoms with Crippen molar-refractivity contribution in [1.82, 2.24) is 5.32 Å². The fraction of sp³-hybridized carbons (Fsp3) is 0.842. The second kappa shape index (κ2) is 48.5. The number of carbonyl (C=O) groups excluding carboxylic acids is 1. The van der Waals surface area contributed by atoms with Gasteiger partial charge in [0.25, 0.3) is 7.82 Å². The number of likely N-dealkylation sites (N-methyl/N-ethyl adjacent to an activating group) is 1. The van der Waals surface area contributed by atoms with Crippen LogP contribution in [0.4, 0.5) is 0 Å². The number of phosphoric ester groups is 1. The molecule has 8 nitrogen and oxygen atoms in total. The summed E-state index contributed by atoms with van der Waals surface area (Å²) in [4.78, 5) is 25.4. The van der Waals surface area contributed by atoms with Gasteiger partial charge >= 0.3 is 0 Å². The molecule has 0 bridgehead atoms. The maximum absolute atomic E-state index is 12.9. The minimum atomic E-state index is -4.60. The van der Waals surface area contributed by atoms with Gasteiger partial charge in [0.2, 0.25) is 5.91 Å². The van der Waals surface area contributed by atoms with Crippen molar-refractivity contribution in [3.05, 3.63) is 48.6 Å². The van der Waals surface area contributed by atoms with Crippen LogP contribution < -0.4 is 10.2 Å². The van der Waals surface area contributed by atoms with Gasteiger partial charge in [0.1, 0.15) is 13.2 Å². The second-order valence-corrected chi connectivity index (χ2v) is 21.7. The molecule has 0 aliphatic carbocycles. The lowest BCUT2D eigenvalue weighted by Crippen LogP contribution is -2.45. The summed E-state index contributed by atoms with van der Waals surface area (Å²) in [6.07, 6.45) is 63.6. The molecule has 0 aromatic carbocycles. The SMILES string of the molecule is CCCC/C=C/CC/C=C/CC/C=C/C(O)C(COP(=O)([O-])OCC[N+](C)(C)C)NC(=O)CCCCCCCCCCCCCCCCCC/C=C\CCCCCCCCCCCCCC. The van der Waals surface area contributed by atoms with E-state index in [-0.39, 0.29) is 12.5 Å². The Kier molecular flexibility index (Phi) is 47.4. The Labute approximate surface area is 409 Å². The summed E-state index contributed by atoms with van der Waals surface area (Å²) in [5.41, 5.74) is 0. The van der Waals surface area contributed by atoms with Crippen LogP contribution in [-0.2, 0) is 18.4 Å². The van der Waals surface area contributed by atoms with Gasteiger partial charge in [0, 0.05) is 6.42 Å². The number of allylic oxidation sites excluding steroid dienone is 7. The first kappa shape index (κ1) is 64.5. The Morgan fingerprint density at radius 2 is 0.864 bits per heavy atom. The van der Waals surface area contributed by atoms with Crippen LogP contribution in [0.25, 0.3) is 0 Å². The molecule has 0 aromatic rings. The zero-order valence-corrected chi connectivity index (χ0v) is 45.0. The second-order valence-electron chi connectivity index (χ2n) is 20.3. The Balaban J connectivity index is 4.02. The van der Waals surface area contributed by atoms with Crippen LogP contribution in [0.5, 0.6) is 0 Å². The molecule has 388 valence electrons. The van der Waals surface area contributed by atoms with E-state index in [1.807, 2.05) is 27.2 Å². The third-order valence-electron chi connectivity index (χ3n) is 12.5. The highest BCUT2D eigenvalue weighted by molar-refractivity contribution is 7.45. The fourth-order valence-electron chi connectivity index (χ4n) is 8.05. The van der Waals surface area contributed by atoms with E-state index >= 15 is 0 Å². The van der Waals surface area contributed by atoms with Crippen LogP contribution in [0.3, 0.4) is 0 Å². The van der Waals surface area contributed by atoms with Crippen molar-refractivity contribution < 1.29 is 32.9 Å². The number of carbonyl (C=O) groups is 1. The Morgan fingerprint density at radius 3 is 1.27 bits per heavy atom. The van der Waals surface area contributed by atoms with Gasteiger partial charge in [-0.15, -0.1) is 0 Å². The minimum Gasteiger partial charge on any atom is -0.756 e. The van der Waals surface area contributed by atoms with Crippen LogP contribution in [0.2, 0.25) is 0 Å². The van der Waals surface area contributed by atoms with Crippen LogP contribution in [-0.4, -0.2) is 68.5 Å². The normalized spacial score (nSPS) is 14.3. The zero-order valence-electron chi connectivity index (χ0n) is 44.1. The molecule has 0 fully saturated rings. The molecule has 9 heteroatoms. The first-order valence-electron chi connectivity index (χ1n) is 28.0. The summed E-state index contributed by atoms with van der Waals surface area (Å²) < 4.78 is 23.2. The number of phosphoric acid groups is 1. The first-order chi connectivity index (χ1) is 32.0. The number of hydrogen-bond donors (Lipinski definition) is 2. The Morgan fingerprint density at radius 1 is 0.515 bits per heavy atom. The molecule has 0 heterocycles. The topological polar surface area (TPSA) is 108 Å². The fourth-order valence-corrected chi connectivity index (χ4v) is 8.77. The number of nitrogens with one attached hydrogen (secondary N) is 1. The summed E-state index contributed by atoms with van der Waals surface area (Å²) in [6, 6.07) is -0.908. The predicted octanol–water partition coefficient (Wildman–Crippen LogP) is 16.1. The number of quaternary nitrogens is 1. The van der Waals surface area contributed by atoms with Crippen LogP contribution >= 0.6 is 7.82 Å². The van der Waals surface area contributed by atoms with Gasteiger partial charge < -0.3 is 28.8 Å². The summed E-state index contributed by atoms with van der Waals surface area (Å²) in [6.45, 7) is 4.58. The van der Waals surface area contributed by atoms with Crippen molar-refractivity contribution in [2.24, 2.45) is 0 Å². The number of amides is 1. The molecule has 3 unspecified atom stereocenters. The number of aliphatic hydroxyl groups is 1. The summed E-state index contributed by atoms with van der Waals surface area (Å²) in [7, 11) is 1.24. The van der Waals surface area contributed by atoms with Gasteiger partial charge in [-0.05, 0) is 64.2 Å². The quantitative estimate of drug-likeness (QED) is 0.0272. The largest absolute Gasteiger partial charge is 0.756 e. The average Bonchev–Trinajstić information content (AvgIpc) is 3.28. The number of rotatable bonds is 51. The third-order valence-corrected chi connectivity index (χ3v) is 13.5. The maximum atomic E-state index is 12.9. The highest BCUT2D eigenvalue weighted by Gasteiger charge is 2.23. The van der Waals surface area contributed by atoms with Gasteiger partial charge in [0.05, 0.1) is 39.9 Å². The van der Waals surface area contributed by atoms with Crippen LogP contribution in [0.15, 0.2) is 48.6 Å². The summed E-state index contributed by atoms with van der Waals surface area (Å²) in [5, 5.41) is 13.8. The lowest BCUT2D eigenvalue weighted by atomic mass is 10.0. The van der Waals surface area contributed by atoms with Gasteiger partial charge in [-0.3, -0.25) is 9.36 Å². The highest BCUT2D eigenvalue weighted by Crippen LogP contribution is 2.38. The zero-order chi connectivity index (χ0) is 48.5. The van der Waals surface area contributed by atoms with Crippen molar-refractivity contribution in [3.63, 3.8) is 0 Å². The monoisotopic (exact) mass is 949 g/mol. The molecule has 3 atom stereocenters. The maximum Gasteiger partial charge on any atom is 0.268 e. The van der Waals surface area contributed by atoms with Crippen molar-refractivity contribution in [1.29, 1.82) is 0 Å². The van der Waals surface area contributed by atoms with E-state index in [1.165, 1.54) is 186 Å². The molecule has 0 aromatic heterocycles. The van der Waals surface area contributed by atoms with E-state index in [2.05, 4.69) is 55.6 Å². The van der Waals surface area contributed by atoms with Crippen molar-refractivity contribution in [3.8, 4) is 0 Å². The molecule has 0 saturated heterocycles. The molecule has 0 rings (SSSR count). The third kappa shape index (κ3) is 50.3. The average molecular weight is 949 g/mol. The first-order valence-corrected chi connectivity index (χ1v) is 29.5. The van der Waals surface area contributed by atoms with Gasteiger partial charge in [0.15, 0.2) is 0 Å². The number of nitrogens with zero attached hydrogens (tertiary/aromatic N) is 1. The molecule has 0 aliphatic rings. The number of aliphatic hydroxyl groups excluding tert-OH is 1. The summed E-state index contributed by atoms with van der Waals surface area (Å²) in [5.74, 6) is -0.211. The van der Waals surface area contributed by atoms with Crippen molar-refractivity contribution in [2.75, 3.05) is 40.9 Å². The van der Waals surface area contributed by atoms with E-state index in [0.717, 1.165) is 51.4 Å². The Hall–Kier alpha value is -1.54. The lowest BCUT2D eigenvalue weighted by Gasteiger charge is -2.29. The smallest absolute Gasteiger partial charge is 0.268 e. The van der Waals surface area contributed by atoms with E-state index in [4.69, 9.17) is 9.05 Å². The minimum absolute atomic E-state index is 0.00912. The predicted molar refractivity (Wildman–Crippen MR) is 284 cm³/mol. The van der Waals surface area contributed by atoms with Gasteiger partial charge in [-0.1, -0.05) is 236 Å². The van der Waals surface area contributed by atoms with Crippen molar-refractivity contribution >= 4 is 13.7 Å².